The third-order valence-electron chi connectivity index (χ3n) is 25.0. The lowest BCUT2D eigenvalue weighted by atomic mass is 9.65. The first-order valence-electron chi connectivity index (χ1n) is 46.7. The summed E-state index contributed by atoms with van der Waals surface area (Å²) in [5, 5.41) is 12.2. The van der Waals surface area contributed by atoms with Crippen LogP contribution in [0.15, 0.2) is 519 Å². The van der Waals surface area contributed by atoms with E-state index in [-0.39, 0.29) is 5.41 Å². The second kappa shape index (κ2) is 41.3. The predicted octanol–water partition coefficient (Wildman–Crippen LogP) is 27.4. The number of fused-ring (bicyclic) bond motifs is 35. The minimum absolute atomic E-state index is 0.312. The molecule has 0 amide bonds. The molecule has 21 heteroatoms. The summed E-state index contributed by atoms with van der Waals surface area (Å²) in [4.78, 5) is 66.8. The maximum absolute atomic E-state index is 4.86. The van der Waals surface area contributed by atoms with E-state index in [0.29, 0.717) is 0 Å². The van der Waals surface area contributed by atoms with Crippen LogP contribution in [0.3, 0.4) is 0 Å². The van der Waals surface area contributed by atoms with Crippen LogP contribution in [0.2, 0.25) is 0 Å². The monoisotopic (exact) mass is 1850 g/mol. The molecule has 15 aromatic heterocycles. The highest BCUT2D eigenvalue weighted by molar-refractivity contribution is 6.15. The van der Waals surface area contributed by atoms with Crippen LogP contribution < -0.4 is 0 Å². The molecule has 143 heavy (non-hydrogen) atoms. The number of pyridine rings is 6. The summed E-state index contributed by atoms with van der Waals surface area (Å²) in [5.41, 5.74) is 29.8. The second-order valence-electron chi connectivity index (χ2n) is 33.3. The molecule has 0 bridgehead atoms. The molecular formula is C122H87N21. The Morgan fingerprint density at radius 2 is 0.720 bits per heavy atom. The Labute approximate surface area is 819 Å². The van der Waals surface area contributed by atoms with Gasteiger partial charge in [0.15, 0.2) is 0 Å². The zero-order valence-electron chi connectivity index (χ0n) is 77.1. The van der Waals surface area contributed by atoms with Gasteiger partial charge < -0.3 is 14.5 Å². The van der Waals surface area contributed by atoms with E-state index in [1.807, 2.05) is 144 Å². The Morgan fingerprint density at radius 3 is 1.34 bits per heavy atom. The average molecular weight is 1850 g/mol. The number of nitrogens with one attached hydrogen (secondary N) is 2. The van der Waals surface area contributed by atoms with Crippen LogP contribution in [0.25, 0.3) is 176 Å². The number of nitrogens with zero attached hydrogens (tertiary/aromatic N) is 19. The molecule has 1 spiro atoms. The third-order valence-corrected chi connectivity index (χ3v) is 25.0. The highest BCUT2D eigenvalue weighted by Gasteiger charge is 2.50. The summed E-state index contributed by atoms with van der Waals surface area (Å²) >= 11 is 0. The molecular weight excluding hydrogens is 1760 g/mol. The molecule has 1 aliphatic heterocycles. The van der Waals surface area contributed by atoms with Gasteiger partial charge in [-0.15, -0.1) is 0 Å². The first-order chi connectivity index (χ1) is 71.1. The zero-order valence-corrected chi connectivity index (χ0v) is 77.1. The molecule has 2 N–H and O–H groups in total. The summed E-state index contributed by atoms with van der Waals surface area (Å²) in [6, 6.07) is 145. The summed E-state index contributed by atoms with van der Waals surface area (Å²) in [6.45, 7) is 0. The van der Waals surface area contributed by atoms with E-state index < -0.39 is 0 Å². The highest BCUT2D eigenvalue weighted by Crippen LogP contribution is 2.61. The first-order valence-corrected chi connectivity index (χ1v) is 46.7. The Morgan fingerprint density at radius 1 is 0.238 bits per heavy atom. The van der Waals surface area contributed by atoms with E-state index in [9.17, 15) is 0 Å². The van der Waals surface area contributed by atoms with E-state index in [1.54, 1.807) is 68.3 Å². The minimum atomic E-state index is -0.312. The van der Waals surface area contributed by atoms with E-state index in [1.165, 1.54) is 130 Å². The van der Waals surface area contributed by atoms with Gasteiger partial charge in [0.2, 0.25) is 0 Å². The van der Waals surface area contributed by atoms with Crippen LogP contribution in [0, 0.1) is 0 Å². The molecule has 0 saturated heterocycles. The number of aromatic nitrogens is 21. The lowest BCUT2D eigenvalue weighted by Crippen LogP contribution is -2.33. The van der Waals surface area contributed by atoms with Gasteiger partial charge in [0.1, 0.15) is 48.6 Å². The van der Waals surface area contributed by atoms with Crippen LogP contribution >= 0.6 is 0 Å². The van der Waals surface area contributed by atoms with Crippen molar-refractivity contribution >= 4 is 159 Å². The molecule has 32 rings (SSSR count). The van der Waals surface area contributed by atoms with Crippen molar-refractivity contribution in [1.82, 2.24) is 102 Å². The molecule has 2 aliphatic rings. The molecule has 1 aliphatic carbocycles. The molecule has 21 nitrogen and oxygen atoms in total. The second-order valence-corrected chi connectivity index (χ2v) is 33.3. The molecule has 15 aromatic carbocycles. The number of benzene rings is 15. The maximum Gasteiger partial charge on any atom is 0.148 e. The number of imidazole rings is 5. The van der Waals surface area contributed by atoms with Crippen LogP contribution in [-0.4, -0.2) is 102 Å². The van der Waals surface area contributed by atoms with Gasteiger partial charge in [-0.2, -0.15) is 0 Å². The maximum atomic E-state index is 4.86. The lowest BCUT2D eigenvalue weighted by molar-refractivity contribution is 0.748. The normalized spacial score (nSPS) is 11.4. The largest absolute Gasteiger partial charge is 0.351 e. The third kappa shape index (κ3) is 17.8. The van der Waals surface area contributed by atoms with E-state index >= 15 is 0 Å². The van der Waals surface area contributed by atoms with Gasteiger partial charge in [0, 0.05) is 98.9 Å². The number of para-hydroxylation sites is 15. The van der Waals surface area contributed by atoms with Crippen molar-refractivity contribution in [3.05, 3.63) is 541 Å². The molecule has 16 heterocycles. The molecule has 0 saturated carbocycles. The first kappa shape index (κ1) is 88.4. The molecule has 0 fully saturated rings. The molecule has 0 radical (unpaired) electrons. The SMILES string of the molecule is c1c[nH]cn1.c1ccc2[nH]cnc2c1.c1ccc2c(c1)-c1ccccc1C21c2ccccc2-n2c3ccccc3c3cccc1c32.c1ccc2c(c1)ccc1nc3ccccc3n12.c1ccc2c(c1)nc1c3ccccc3c3ccccc3n21.c1ccc2c(c1)ncn1c3ccccc3nc21.c1ccc2ncccc2c1.c1ccncc1.c1cnc2c(c1)ccc1cccnc12.c1cncnc1.c1ncncn1. The van der Waals surface area contributed by atoms with Crippen LogP contribution in [-0.2, 0) is 5.41 Å². The Bertz CT molecular complexity index is 9250. The summed E-state index contributed by atoms with van der Waals surface area (Å²) in [6.07, 6.45) is 26.7. The molecule has 0 atom stereocenters. The fraction of sp³-hybridized carbons (Fsp3) is 0.00820. The van der Waals surface area contributed by atoms with Gasteiger partial charge >= 0.3 is 0 Å². The lowest BCUT2D eigenvalue weighted by Gasteiger charge is -2.39. The van der Waals surface area contributed by atoms with Crippen LogP contribution in [0.1, 0.15) is 22.3 Å². The number of aromatic amines is 2. The number of hydrogen-bond acceptors (Lipinski definition) is 15. The Balaban J connectivity index is 0.0000000943. The number of hydrogen-bond donors (Lipinski definition) is 2. The van der Waals surface area contributed by atoms with E-state index in [4.69, 9.17) is 4.98 Å². The van der Waals surface area contributed by atoms with Gasteiger partial charge in [0.25, 0.3) is 0 Å². The molecule has 30 aromatic rings. The average Bonchev–Trinajstić information content (AvgIpc) is 1.51. The van der Waals surface area contributed by atoms with Crippen molar-refractivity contribution in [3.63, 3.8) is 0 Å². The molecule has 680 valence electrons. The molecule has 0 unspecified atom stereocenters. The fourth-order valence-corrected chi connectivity index (χ4v) is 19.0. The van der Waals surface area contributed by atoms with Crippen molar-refractivity contribution < 1.29 is 0 Å². The van der Waals surface area contributed by atoms with Gasteiger partial charge in [-0.3, -0.25) is 33.1 Å². The van der Waals surface area contributed by atoms with Crippen molar-refractivity contribution in [2.75, 3.05) is 0 Å². The summed E-state index contributed by atoms with van der Waals surface area (Å²) in [7, 11) is 0. The Kier molecular flexibility index (Phi) is 25.5. The quantitative estimate of drug-likeness (QED) is 0.134. The predicted molar refractivity (Wildman–Crippen MR) is 577 cm³/mol. The highest BCUT2D eigenvalue weighted by atomic mass is 15.1. The van der Waals surface area contributed by atoms with Gasteiger partial charge in [-0.05, 0) is 184 Å². The Hall–Kier alpha value is -19.9. The number of rotatable bonds is 0. The standard InChI is InChI=1S/C31H19N.C19H12N2.C15H10N2.C14H9N3.C12H8N2.C9H7N.C7H6N2.C5H5N.C4H4N2.C3H3N3.C3H4N2/c1-4-14-24-20(10-1)21-11-2-5-15-25(21)31(24)26-16-6-8-19-29(26)32-28-18-7-3-12-22(28)23-13-9-17-27(31)30(23)32;1-2-9-15-13(7-1)14-8-3-5-11-17(14)21-18-12-6-4-10-16(18)20-19(15)21;1-3-7-13-11(5-1)9-10-15-16-12-6-2-4-8-14(12)17(13)15;1-2-6-11-10(5-1)14-16-12-7-3-4-8-13(12)17(14)9-15-11;1-3-9-5-6-10-4-2-8-14-12(10)11(9)13-7-1;1-2-6-9-8(4-1)5-3-7-10-9;1-2-4-7-6(3-1)8-5-9-7;1-2-4-6-5-3-1;1-2-5-4-6-3-1;1-4-2-6-3-5-1;1-2-5-3-4-1/h1-19H;1-12H;1-10H;1-9H;1-8H;1-7H;1-5H,(H,8,9);1-5H;1-4H;1-3H;1-3H,(H,4,5). The fourth-order valence-electron chi connectivity index (χ4n) is 19.0. The minimum Gasteiger partial charge on any atom is -0.351 e. The summed E-state index contributed by atoms with van der Waals surface area (Å²) in [5.74, 6) is 0. The zero-order chi connectivity index (χ0) is 95.7. The van der Waals surface area contributed by atoms with Crippen molar-refractivity contribution in [2.24, 2.45) is 0 Å². The van der Waals surface area contributed by atoms with E-state index in [2.05, 4.69) is 378 Å². The smallest absolute Gasteiger partial charge is 0.148 e. The van der Waals surface area contributed by atoms with Gasteiger partial charge in [-0.25, -0.2) is 54.8 Å². The summed E-state index contributed by atoms with van der Waals surface area (Å²) < 4.78 is 9.01. The van der Waals surface area contributed by atoms with Crippen LogP contribution in [0.5, 0.6) is 0 Å². The van der Waals surface area contributed by atoms with Crippen LogP contribution in [0.4, 0.5) is 0 Å². The number of H-pyrrole nitrogens is 2. The van der Waals surface area contributed by atoms with Crippen molar-refractivity contribution in [1.29, 1.82) is 0 Å². The van der Waals surface area contributed by atoms with Gasteiger partial charge in [-0.1, -0.05) is 279 Å². The van der Waals surface area contributed by atoms with E-state index in [0.717, 1.165) is 93.8 Å². The van der Waals surface area contributed by atoms with Gasteiger partial charge in [0.05, 0.1) is 112 Å². The van der Waals surface area contributed by atoms with Crippen molar-refractivity contribution in [3.8, 4) is 16.8 Å². The topological polar surface area (TPSA) is 243 Å². The van der Waals surface area contributed by atoms with Crippen molar-refractivity contribution in [2.45, 2.75) is 5.41 Å².